The number of H-pyrrole nitrogens is 1. The molecule has 1 aromatic heterocycles. The number of aromatic amines is 1. The van der Waals surface area contributed by atoms with Gasteiger partial charge in [-0.05, 0) is 0 Å². The molecule has 0 aliphatic heterocycles. The van der Waals surface area contributed by atoms with Crippen molar-refractivity contribution >= 4 is 12.1 Å². The maximum atomic E-state index is 11.0. The Kier molecular flexibility index (Phi) is 2.19. The highest BCUT2D eigenvalue weighted by atomic mass is 16.1. The van der Waals surface area contributed by atoms with Crippen LogP contribution in [0.4, 0.5) is 0 Å². The van der Waals surface area contributed by atoms with Gasteiger partial charge in [0.1, 0.15) is 0 Å². The fourth-order valence-electron chi connectivity index (χ4n) is 0.778. The average Bonchev–Trinajstić information content (AvgIpc) is 2.04. The number of aromatic nitrogens is 1. The maximum Gasteiger partial charge on any atom is 0.192 e. The first-order valence-electron chi connectivity index (χ1n) is 3.34. The van der Waals surface area contributed by atoms with E-state index in [0.29, 0.717) is 6.29 Å². The molecule has 0 fully saturated rings. The van der Waals surface area contributed by atoms with Crippen molar-refractivity contribution in [1.82, 2.24) is 4.98 Å². The average molecular weight is 165 g/mol. The van der Waals surface area contributed by atoms with Crippen molar-refractivity contribution in [3.8, 4) is 0 Å². The topological polar surface area (TPSA) is 67.0 Å². The number of carbonyl (C=O) groups is 2. The lowest BCUT2D eigenvalue weighted by Gasteiger charge is -1.94. The van der Waals surface area contributed by atoms with Crippen molar-refractivity contribution in [3.63, 3.8) is 0 Å². The Balaban J connectivity index is 3.28. The molecule has 12 heavy (non-hydrogen) atoms. The molecule has 0 bridgehead atoms. The number of carbonyl (C=O) groups excluding carboxylic acids is 2. The molecule has 0 aromatic carbocycles. The maximum absolute atomic E-state index is 11.0. The molecule has 1 rings (SSSR count). The van der Waals surface area contributed by atoms with E-state index in [1.807, 2.05) is 0 Å². The van der Waals surface area contributed by atoms with Crippen LogP contribution in [0.2, 0.25) is 0 Å². The number of hydrogen-bond acceptors (Lipinski definition) is 3. The lowest BCUT2D eigenvalue weighted by atomic mass is 10.2. The summed E-state index contributed by atoms with van der Waals surface area (Å²) < 4.78 is 0. The van der Waals surface area contributed by atoms with Gasteiger partial charge in [-0.3, -0.25) is 14.4 Å². The summed E-state index contributed by atoms with van der Waals surface area (Å²) in [6.07, 6.45) is 1.68. The predicted molar refractivity (Wildman–Crippen MR) is 42.5 cm³/mol. The van der Waals surface area contributed by atoms with Gasteiger partial charge >= 0.3 is 0 Å². The van der Waals surface area contributed by atoms with Crippen LogP contribution in [0.3, 0.4) is 0 Å². The summed E-state index contributed by atoms with van der Waals surface area (Å²) in [5.74, 6) is -0.232. The van der Waals surface area contributed by atoms with Gasteiger partial charge in [0.2, 0.25) is 0 Å². The molecule has 4 heteroatoms. The van der Waals surface area contributed by atoms with Crippen LogP contribution in [0.5, 0.6) is 0 Å². The predicted octanol–water partition coefficient (Wildman–Crippen LogP) is 0.390. The van der Waals surface area contributed by atoms with Crippen LogP contribution < -0.4 is 5.43 Å². The number of ketones is 1. The molecule has 1 heterocycles. The third-order valence-electron chi connectivity index (χ3n) is 1.45. The van der Waals surface area contributed by atoms with E-state index in [-0.39, 0.29) is 17.0 Å². The zero-order valence-electron chi connectivity index (χ0n) is 6.46. The second-order valence-corrected chi connectivity index (χ2v) is 2.34. The van der Waals surface area contributed by atoms with Gasteiger partial charge in [0.05, 0.1) is 11.3 Å². The summed E-state index contributed by atoms with van der Waals surface area (Å²) in [4.78, 5) is 34.5. The zero-order chi connectivity index (χ0) is 9.14. The lowest BCUT2D eigenvalue weighted by molar-refractivity contribution is 0.101. The smallest absolute Gasteiger partial charge is 0.192 e. The first kappa shape index (κ1) is 8.39. The quantitative estimate of drug-likeness (QED) is 0.509. The van der Waals surface area contributed by atoms with E-state index in [2.05, 4.69) is 4.98 Å². The Morgan fingerprint density at radius 2 is 2.25 bits per heavy atom. The van der Waals surface area contributed by atoms with E-state index in [0.717, 1.165) is 6.07 Å². The summed E-state index contributed by atoms with van der Waals surface area (Å²) in [7, 11) is 0. The van der Waals surface area contributed by atoms with Crippen LogP contribution in [0.25, 0.3) is 0 Å². The van der Waals surface area contributed by atoms with Gasteiger partial charge in [-0.1, -0.05) is 0 Å². The highest BCUT2D eigenvalue weighted by Crippen LogP contribution is 1.92. The minimum Gasteiger partial charge on any atom is -0.358 e. The number of Topliss-reactive ketones (excluding diaryl/α,β-unsaturated/α-hetero) is 1. The van der Waals surface area contributed by atoms with Crippen molar-refractivity contribution in [2.24, 2.45) is 0 Å². The number of aldehydes is 1. The molecule has 0 aliphatic carbocycles. The summed E-state index contributed by atoms with van der Waals surface area (Å²) in [6.45, 7) is 1.34. The standard InChI is InChI=1S/C8H7NO3/c1-5(11)7-2-8(12)6(4-10)3-9-7/h2-4H,1H3,(H,9,12). The minimum atomic E-state index is -0.436. The molecule has 0 aliphatic rings. The third kappa shape index (κ3) is 1.47. The largest absolute Gasteiger partial charge is 0.358 e. The van der Waals surface area contributed by atoms with Crippen LogP contribution in [-0.2, 0) is 0 Å². The molecule has 0 spiro atoms. The van der Waals surface area contributed by atoms with Gasteiger partial charge < -0.3 is 4.98 Å². The van der Waals surface area contributed by atoms with Gasteiger partial charge in [0.15, 0.2) is 17.5 Å². The monoisotopic (exact) mass is 165 g/mol. The summed E-state index contributed by atoms with van der Waals surface area (Å²) in [5, 5.41) is 0. The second kappa shape index (κ2) is 3.13. The van der Waals surface area contributed by atoms with Gasteiger partial charge in [0, 0.05) is 19.2 Å². The van der Waals surface area contributed by atoms with Crippen molar-refractivity contribution in [1.29, 1.82) is 0 Å². The Hall–Kier alpha value is -1.71. The summed E-state index contributed by atoms with van der Waals surface area (Å²) >= 11 is 0. The van der Waals surface area contributed by atoms with Gasteiger partial charge in [-0.25, -0.2) is 0 Å². The molecule has 0 radical (unpaired) electrons. The Morgan fingerprint density at radius 3 is 2.67 bits per heavy atom. The van der Waals surface area contributed by atoms with Crippen molar-refractivity contribution in [2.45, 2.75) is 6.92 Å². The second-order valence-electron chi connectivity index (χ2n) is 2.34. The normalized spacial score (nSPS) is 9.42. The lowest BCUT2D eigenvalue weighted by Crippen LogP contribution is -2.11. The first-order chi connectivity index (χ1) is 5.65. The van der Waals surface area contributed by atoms with Gasteiger partial charge in [-0.2, -0.15) is 0 Å². The molecule has 0 amide bonds. The van der Waals surface area contributed by atoms with E-state index < -0.39 is 5.43 Å². The minimum absolute atomic E-state index is 0.0278. The molecule has 0 atom stereocenters. The Morgan fingerprint density at radius 1 is 1.58 bits per heavy atom. The van der Waals surface area contributed by atoms with Gasteiger partial charge in [-0.15, -0.1) is 0 Å². The van der Waals surface area contributed by atoms with Crippen LogP contribution in [0.1, 0.15) is 27.8 Å². The van der Waals surface area contributed by atoms with Crippen molar-refractivity contribution in [2.75, 3.05) is 0 Å². The molecular formula is C8H7NO3. The van der Waals surface area contributed by atoms with Crippen molar-refractivity contribution < 1.29 is 9.59 Å². The molecule has 4 nitrogen and oxygen atoms in total. The van der Waals surface area contributed by atoms with E-state index in [4.69, 9.17) is 0 Å². The van der Waals surface area contributed by atoms with Crippen LogP contribution in [0.15, 0.2) is 17.1 Å². The summed E-state index contributed by atoms with van der Waals surface area (Å²) in [6, 6.07) is 1.12. The highest BCUT2D eigenvalue weighted by molar-refractivity contribution is 5.92. The number of nitrogens with one attached hydrogen (secondary N) is 1. The number of hydrogen-bond donors (Lipinski definition) is 1. The molecular weight excluding hydrogens is 158 g/mol. The fraction of sp³-hybridized carbons (Fsp3) is 0.125. The van der Waals surface area contributed by atoms with Crippen LogP contribution in [-0.4, -0.2) is 17.1 Å². The van der Waals surface area contributed by atoms with Crippen molar-refractivity contribution in [3.05, 3.63) is 33.7 Å². The molecule has 0 saturated carbocycles. The molecule has 1 aromatic rings. The Labute approximate surface area is 68.2 Å². The van der Waals surface area contributed by atoms with E-state index in [1.54, 1.807) is 0 Å². The zero-order valence-corrected chi connectivity index (χ0v) is 6.46. The third-order valence-corrected chi connectivity index (χ3v) is 1.45. The highest BCUT2D eigenvalue weighted by Gasteiger charge is 2.02. The molecule has 0 saturated heterocycles. The fourth-order valence-corrected chi connectivity index (χ4v) is 0.778. The molecule has 1 N–H and O–H groups in total. The van der Waals surface area contributed by atoms with E-state index >= 15 is 0 Å². The van der Waals surface area contributed by atoms with E-state index in [1.165, 1.54) is 13.1 Å². The van der Waals surface area contributed by atoms with Crippen LogP contribution in [0, 0.1) is 0 Å². The molecule has 62 valence electrons. The van der Waals surface area contributed by atoms with E-state index in [9.17, 15) is 14.4 Å². The number of rotatable bonds is 2. The number of pyridine rings is 1. The van der Waals surface area contributed by atoms with Crippen LogP contribution >= 0.6 is 0 Å². The van der Waals surface area contributed by atoms with Gasteiger partial charge in [0.25, 0.3) is 0 Å². The first-order valence-corrected chi connectivity index (χ1v) is 3.34. The molecule has 0 unspecified atom stereocenters. The Bertz CT molecular complexity index is 378. The summed E-state index contributed by atoms with van der Waals surface area (Å²) in [5.41, 5.74) is -0.195. The SMILES string of the molecule is CC(=O)c1cc(=O)c(C=O)c[nH]1.